The van der Waals surface area contributed by atoms with E-state index in [4.69, 9.17) is 23.2 Å². The monoisotopic (exact) mass is 347 g/mol. The van der Waals surface area contributed by atoms with Crippen LogP contribution in [0.3, 0.4) is 0 Å². The third-order valence-corrected chi connectivity index (χ3v) is 3.88. The summed E-state index contributed by atoms with van der Waals surface area (Å²) in [6, 6.07) is 11.0. The van der Waals surface area contributed by atoms with Gasteiger partial charge in [-0.15, -0.1) is 0 Å². The summed E-state index contributed by atoms with van der Waals surface area (Å²) in [7, 11) is 0. The van der Waals surface area contributed by atoms with Crippen LogP contribution in [-0.2, 0) is 17.6 Å². The van der Waals surface area contributed by atoms with Gasteiger partial charge in [-0.25, -0.2) is 4.98 Å². The molecule has 0 radical (unpaired) electrons. The Bertz CT molecular complexity index is 845. The van der Waals surface area contributed by atoms with Crippen molar-refractivity contribution < 1.29 is 4.79 Å². The fourth-order valence-corrected chi connectivity index (χ4v) is 2.74. The maximum Gasteiger partial charge on any atom is 0.224 e. The van der Waals surface area contributed by atoms with Crippen LogP contribution in [0.4, 0.5) is 0 Å². The number of rotatable bonds is 5. The van der Waals surface area contributed by atoms with Gasteiger partial charge in [0.05, 0.1) is 17.1 Å². The largest absolute Gasteiger partial charge is 0.355 e. The molecule has 1 N–H and O–H groups in total. The molecule has 0 fully saturated rings. The summed E-state index contributed by atoms with van der Waals surface area (Å²) in [6.07, 6.45) is 4.72. The molecule has 0 unspecified atom stereocenters. The molecule has 1 amide bonds. The van der Waals surface area contributed by atoms with Crippen LogP contribution in [0, 0.1) is 0 Å². The predicted molar refractivity (Wildman–Crippen MR) is 92.1 cm³/mol. The molecular formula is C17H15Cl2N3O. The first-order valence-electron chi connectivity index (χ1n) is 7.24. The van der Waals surface area contributed by atoms with Crippen molar-refractivity contribution in [2.75, 3.05) is 6.54 Å². The summed E-state index contributed by atoms with van der Waals surface area (Å²) < 4.78 is 1.88. The summed E-state index contributed by atoms with van der Waals surface area (Å²) in [6.45, 7) is 0.539. The molecule has 2 aromatic heterocycles. The zero-order chi connectivity index (χ0) is 16.2. The van der Waals surface area contributed by atoms with Gasteiger partial charge in [-0.05, 0) is 29.8 Å². The average molecular weight is 348 g/mol. The Labute approximate surface area is 144 Å². The van der Waals surface area contributed by atoms with Crippen molar-refractivity contribution in [2.24, 2.45) is 0 Å². The first-order chi connectivity index (χ1) is 11.1. The number of halogens is 2. The zero-order valence-electron chi connectivity index (χ0n) is 12.3. The second-order valence-electron chi connectivity index (χ2n) is 5.25. The molecule has 0 bridgehead atoms. The molecule has 1 aromatic carbocycles. The number of carbonyl (C=O) groups excluding carboxylic acids is 1. The number of hydrogen-bond acceptors (Lipinski definition) is 2. The Morgan fingerprint density at radius 2 is 2.00 bits per heavy atom. The minimum absolute atomic E-state index is 0.0286. The van der Waals surface area contributed by atoms with E-state index in [0.29, 0.717) is 29.4 Å². The molecule has 0 atom stereocenters. The topological polar surface area (TPSA) is 46.4 Å². The SMILES string of the molecule is O=C(Cc1cccc(Cl)c1)NCCc1cn2cc(Cl)ccc2n1. The van der Waals surface area contributed by atoms with Crippen molar-refractivity contribution in [2.45, 2.75) is 12.8 Å². The van der Waals surface area contributed by atoms with Gasteiger partial charge in [-0.3, -0.25) is 4.79 Å². The molecule has 0 aliphatic rings. The van der Waals surface area contributed by atoms with Crippen LogP contribution in [0.15, 0.2) is 48.8 Å². The van der Waals surface area contributed by atoms with Crippen LogP contribution in [0.2, 0.25) is 10.0 Å². The summed E-state index contributed by atoms with van der Waals surface area (Å²) in [5.41, 5.74) is 2.65. The summed E-state index contributed by atoms with van der Waals surface area (Å²) in [4.78, 5) is 16.4. The Kier molecular flexibility index (Phi) is 4.84. The number of amides is 1. The first kappa shape index (κ1) is 15.8. The van der Waals surface area contributed by atoms with Gasteiger partial charge in [-0.2, -0.15) is 0 Å². The molecule has 0 saturated carbocycles. The van der Waals surface area contributed by atoms with E-state index in [9.17, 15) is 4.79 Å². The van der Waals surface area contributed by atoms with Crippen molar-refractivity contribution in [3.8, 4) is 0 Å². The van der Waals surface area contributed by atoms with Crippen LogP contribution in [-0.4, -0.2) is 21.8 Å². The molecular weight excluding hydrogens is 333 g/mol. The summed E-state index contributed by atoms with van der Waals surface area (Å²) in [5, 5.41) is 4.20. The number of aromatic nitrogens is 2. The second kappa shape index (κ2) is 7.02. The van der Waals surface area contributed by atoms with E-state index >= 15 is 0 Å². The van der Waals surface area contributed by atoms with Crippen LogP contribution in [0.1, 0.15) is 11.3 Å². The standard InChI is InChI=1S/C17H15Cl2N3O/c18-13-3-1-2-12(8-13)9-17(23)20-7-6-15-11-22-10-14(19)4-5-16(22)21-15/h1-5,8,10-11H,6-7,9H2,(H,20,23). The lowest BCUT2D eigenvalue weighted by Gasteiger charge is -2.04. The average Bonchev–Trinajstić information content (AvgIpc) is 2.89. The predicted octanol–water partition coefficient (Wildman–Crippen LogP) is 3.54. The number of nitrogens with zero attached hydrogens (tertiary/aromatic N) is 2. The minimum Gasteiger partial charge on any atom is -0.355 e. The van der Waals surface area contributed by atoms with E-state index in [2.05, 4.69) is 10.3 Å². The summed E-state index contributed by atoms with van der Waals surface area (Å²) >= 11 is 11.9. The number of pyridine rings is 1. The Morgan fingerprint density at radius 1 is 1.13 bits per heavy atom. The highest BCUT2D eigenvalue weighted by atomic mass is 35.5. The maximum atomic E-state index is 11.9. The van der Waals surface area contributed by atoms with Crippen LogP contribution in [0.25, 0.3) is 5.65 Å². The van der Waals surface area contributed by atoms with Crippen molar-refractivity contribution >= 4 is 34.8 Å². The zero-order valence-corrected chi connectivity index (χ0v) is 13.8. The quantitative estimate of drug-likeness (QED) is 0.767. The number of fused-ring (bicyclic) bond motifs is 1. The highest BCUT2D eigenvalue weighted by Gasteiger charge is 2.05. The highest BCUT2D eigenvalue weighted by Crippen LogP contribution is 2.12. The maximum absolute atomic E-state index is 11.9. The van der Waals surface area contributed by atoms with Gasteiger partial charge in [0.1, 0.15) is 5.65 Å². The molecule has 23 heavy (non-hydrogen) atoms. The number of hydrogen-bond donors (Lipinski definition) is 1. The lowest BCUT2D eigenvalue weighted by molar-refractivity contribution is -0.120. The Balaban J connectivity index is 1.52. The molecule has 0 aliphatic carbocycles. The van der Waals surface area contributed by atoms with E-state index in [1.165, 1.54) is 0 Å². The molecule has 2 heterocycles. The summed E-state index contributed by atoms with van der Waals surface area (Å²) in [5.74, 6) is -0.0286. The highest BCUT2D eigenvalue weighted by molar-refractivity contribution is 6.30. The van der Waals surface area contributed by atoms with Crippen molar-refractivity contribution in [1.29, 1.82) is 0 Å². The van der Waals surface area contributed by atoms with Crippen LogP contribution in [0.5, 0.6) is 0 Å². The van der Waals surface area contributed by atoms with E-state index in [1.54, 1.807) is 18.2 Å². The smallest absolute Gasteiger partial charge is 0.224 e. The van der Waals surface area contributed by atoms with Crippen molar-refractivity contribution in [3.63, 3.8) is 0 Å². The van der Waals surface area contributed by atoms with E-state index < -0.39 is 0 Å². The van der Waals surface area contributed by atoms with E-state index in [1.807, 2.05) is 35.0 Å². The van der Waals surface area contributed by atoms with Crippen molar-refractivity contribution in [1.82, 2.24) is 14.7 Å². The molecule has 0 spiro atoms. The van der Waals surface area contributed by atoms with E-state index in [-0.39, 0.29) is 5.91 Å². The van der Waals surface area contributed by atoms with Gasteiger partial charge in [-0.1, -0.05) is 35.3 Å². The van der Waals surface area contributed by atoms with Crippen LogP contribution < -0.4 is 5.32 Å². The molecule has 3 aromatic rings. The molecule has 3 rings (SSSR count). The van der Waals surface area contributed by atoms with Gasteiger partial charge >= 0.3 is 0 Å². The number of imidazole rings is 1. The lowest BCUT2D eigenvalue weighted by atomic mass is 10.1. The van der Waals surface area contributed by atoms with E-state index in [0.717, 1.165) is 16.9 Å². The Morgan fingerprint density at radius 3 is 2.83 bits per heavy atom. The molecule has 4 nitrogen and oxygen atoms in total. The lowest BCUT2D eigenvalue weighted by Crippen LogP contribution is -2.27. The molecule has 0 saturated heterocycles. The molecule has 118 valence electrons. The van der Waals surface area contributed by atoms with Gasteiger partial charge in [0.15, 0.2) is 0 Å². The molecule has 0 aliphatic heterocycles. The van der Waals surface area contributed by atoms with Gasteiger partial charge in [0, 0.05) is 30.4 Å². The fraction of sp³-hybridized carbons (Fsp3) is 0.176. The third kappa shape index (κ3) is 4.24. The third-order valence-electron chi connectivity index (χ3n) is 3.42. The normalized spacial score (nSPS) is 10.9. The number of carbonyl (C=O) groups is 1. The van der Waals surface area contributed by atoms with Gasteiger partial charge in [0.25, 0.3) is 0 Å². The number of nitrogens with one attached hydrogen (secondary N) is 1. The Hall–Kier alpha value is -2.04. The van der Waals surface area contributed by atoms with Gasteiger partial charge < -0.3 is 9.72 Å². The number of benzene rings is 1. The van der Waals surface area contributed by atoms with Gasteiger partial charge in [0.2, 0.25) is 5.91 Å². The first-order valence-corrected chi connectivity index (χ1v) is 8.00. The van der Waals surface area contributed by atoms with Crippen molar-refractivity contribution in [3.05, 3.63) is 70.1 Å². The second-order valence-corrected chi connectivity index (χ2v) is 6.12. The van der Waals surface area contributed by atoms with Crippen LogP contribution >= 0.6 is 23.2 Å². The minimum atomic E-state index is -0.0286. The molecule has 6 heteroatoms. The fourth-order valence-electron chi connectivity index (χ4n) is 2.36.